The highest BCUT2D eigenvalue weighted by atomic mass is 79.9. The molecular formula is C15H18BrNO. The molecule has 1 aliphatic rings. The van der Waals surface area contributed by atoms with Crippen LogP contribution in [-0.2, 0) is 0 Å². The van der Waals surface area contributed by atoms with Crippen molar-refractivity contribution in [3.05, 3.63) is 29.3 Å². The van der Waals surface area contributed by atoms with Gasteiger partial charge in [0.25, 0.3) is 0 Å². The summed E-state index contributed by atoms with van der Waals surface area (Å²) in [5.74, 6) is 0.848. The second kappa shape index (κ2) is 5.75. The highest BCUT2D eigenvalue weighted by molar-refractivity contribution is 9.09. The maximum atomic E-state index is 8.92. The first-order chi connectivity index (χ1) is 8.69. The molecule has 1 saturated carbocycles. The van der Waals surface area contributed by atoms with Crippen molar-refractivity contribution in [3.8, 4) is 11.8 Å². The van der Waals surface area contributed by atoms with Crippen LogP contribution < -0.4 is 4.74 Å². The number of nitrogens with zero attached hydrogens (tertiary/aromatic N) is 1. The molecule has 2 rings (SSSR count). The maximum absolute atomic E-state index is 8.92. The Balaban J connectivity index is 2.08. The lowest BCUT2D eigenvalue weighted by Crippen LogP contribution is -2.27. The minimum atomic E-state index is 0.287. The van der Waals surface area contributed by atoms with Crippen molar-refractivity contribution in [1.82, 2.24) is 0 Å². The van der Waals surface area contributed by atoms with Crippen molar-refractivity contribution < 1.29 is 4.74 Å². The van der Waals surface area contributed by atoms with Crippen LogP contribution in [0.15, 0.2) is 18.2 Å². The van der Waals surface area contributed by atoms with Crippen molar-refractivity contribution in [1.29, 1.82) is 5.26 Å². The summed E-state index contributed by atoms with van der Waals surface area (Å²) in [7, 11) is 0. The second-order valence-electron chi connectivity index (χ2n) is 5.22. The first-order valence-corrected chi connectivity index (χ1v) is 7.51. The fourth-order valence-corrected chi connectivity index (χ4v) is 3.22. The van der Waals surface area contributed by atoms with Crippen molar-refractivity contribution in [2.45, 2.75) is 32.6 Å². The molecule has 0 aromatic heterocycles. The number of aryl methyl sites for hydroxylation is 1. The molecule has 0 atom stereocenters. The molecule has 1 aromatic carbocycles. The van der Waals surface area contributed by atoms with Gasteiger partial charge in [-0.25, -0.2) is 0 Å². The maximum Gasteiger partial charge on any atom is 0.123 e. The number of hydrogen-bond donors (Lipinski definition) is 0. The largest absolute Gasteiger partial charge is 0.493 e. The van der Waals surface area contributed by atoms with Gasteiger partial charge >= 0.3 is 0 Å². The van der Waals surface area contributed by atoms with Crippen LogP contribution in [0.4, 0.5) is 0 Å². The third kappa shape index (κ3) is 2.87. The van der Waals surface area contributed by atoms with Gasteiger partial charge in [0.05, 0.1) is 18.2 Å². The first kappa shape index (κ1) is 13.4. The molecule has 0 N–H and O–H groups in total. The van der Waals surface area contributed by atoms with E-state index in [0.29, 0.717) is 5.56 Å². The molecule has 0 unspecified atom stereocenters. The van der Waals surface area contributed by atoms with E-state index in [2.05, 4.69) is 22.0 Å². The van der Waals surface area contributed by atoms with Gasteiger partial charge in [0, 0.05) is 10.7 Å². The molecule has 0 bridgehead atoms. The van der Waals surface area contributed by atoms with Crippen LogP contribution in [0.25, 0.3) is 0 Å². The van der Waals surface area contributed by atoms with Crippen LogP contribution in [-0.4, -0.2) is 11.9 Å². The van der Waals surface area contributed by atoms with E-state index in [4.69, 9.17) is 10.00 Å². The summed E-state index contributed by atoms with van der Waals surface area (Å²) in [5.41, 5.74) is 2.04. The zero-order valence-corrected chi connectivity index (χ0v) is 12.3. The molecule has 0 radical (unpaired) electrons. The van der Waals surface area contributed by atoms with Crippen LogP contribution in [0.2, 0.25) is 0 Å². The summed E-state index contributed by atoms with van der Waals surface area (Å²) < 4.78 is 5.98. The standard InChI is InChI=1S/C15H18BrNO/c1-12-4-5-13(9-17)8-14(12)18-11-15(10-16)6-2-3-7-15/h4-5,8H,2-3,6-7,10-11H2,1H3. The molecule has 1 aliphatic carbocycles. The molecular weight excluding hydrogens is 290 g/mol. The Morgan fingerprint density at radius 2 is 2.11 bits per heavy atom. The van der Waals surface area contributed by atoms with E-state index in [0.717, 1.165) is 23.2 Å². The zero-order chi connectivity index (χ0) is 13.0. The first-order valence-electron chi connectivity index (χ1n) is 6.39. The van der Waals surface area contributed by atoms with Crippen molar-refractivity contribution >= 4 is 15.9 Å². The Bertz CT molecular complexity index is 458. The number of alkyl halides is 1. The van der Waals surface area contributed by atoms with Gasteiger partial charge in [-0.1, -0.05) is 34.8 Å². The number of hydrogen-bond acceptors (Lipinski definition) is 2. The third-order valence-corrected chi connectivity index (χ3v) is 4.99. The summed E-state index contributed by atoms with van der Waals surface area (Å²) in [4.78, 5) is 0. The Kier molecular flexibility index (Phi) is 4.29. The monoisotopic (exact) mass is 307 g/mol. The summed E-state index contributed by atoms with van der Waals surface area (Å²) in [6, 6.07) is 7.78. The molecule has 0 saturated heterocycles. The predicted molar refractivity (Wildman–Crippen MR) is 76.1 cm³/mol. The molecule has 2 nitrogen and oxygen atoms in total. The van der Waals surface area contributed by atoms with Crippen molar-refractivity contribution in [2.75, 3.05) is 11.9 Å². The zero-order valence-electron chi connectivity index (χ0n) is 10.7. The van der Waals surface area contributed by atoms with Gasteiger partial charge in [0.2, 0.25) is 0 Å². The highest BCUT2D eigenvalue weighted by Gasteiger charge is 2.33. The van der Waals surface area contributed by atoms with Crippen LogP contribution in [0.1, 0.15) is 36.8 Å². The number of ether oxygens (including phenoxy) is 1. The molecule has 0 amide bonds. The summed E-state index contributed by atoms with van der Waals surface area (Å²) in [6.45, 7) is 2.76. The van der Waals surface area contributed by atoms with Crippen LogP contribution in [0.3, 0.4) is 0 Å². The lowest BCUT2D eigenvalue weighted by Gasteiger charge is -2.26. The SMILES string of the molecule is Cc1ccc(C#N)cc1OCC1(CBr)CCCC1. The van der Waals surface area contributed by atoms with E-state index in [9.17, 15) is 0 Å². The number of rotatable bonds is 4. The minimum Gasteiger partial charge on any atom is -0.493 e. The van der Waals surface area contributed by atoms with Gasteiger partial charge in [-0.3, -0.25) is 0 Å². The second-order valence-corrected chi connectivity index (χ2v) is 5.78. The quantitative estimate of drug-likeness (QED) is 0.781. The predicted octanol–water partition coefficient (Wildman–Crippen LogP) is 4.20. The Labute approximate surface area is 117 Å². The molecule has 18 heavy (non-hydrogen) atoms. The van der Waals surface area contributed by atoms with Gasteiger partial charge in [-0.2, -0.15) is 5.26 Å². The molecule has 3 heteroatoms. The van der Waals surface area contributed by atoms with Crippen LogP contribution >= 0.6 is 15.9 Å². The van der Waals surface area contributed by atoms with E-state index < -0.39 is 0 Å². The molecule has 0 heterocycles. The van der Waals surface area contributed by atoms with Gasteiger partial charge in [-0.15, -0.1) is 0 Å². The van der Waals surface area contributed by atoms with Gasteiger partial charge < -0.3 is 4.74 Å². The smallest absolute Gasteiger partial charge is 0.123 e. The Morgan fingerprint density at radius 3 is 2.72 bits per heavy atom. The van der Waals surface area contributed by atoms with E-state index in [1.165, 1.54) is 25.7 Å². The molecule has 0 aliphatic heterocycles. The van der Waals surface area contributed by atoms with E-state index >= 15 is 0 Å². The summed E-state index contributed by atoms with van der Waals surface area (Å²) in [6.07, 6.45) is 5.06. The van der Waals surface area contributed by atoms with E-state index in [1.54, 1.807) is 0 Å². The Hall–Kier alpha value is -1.01. The number of nitriles is 1. The van der Waals surface area contributed by atoms with Gasteiger partial charge in [-0.05, 0) is 37.5 Å². The topological polar surface area (TPSA) is 33.0 Å². The summed E-state index contributed by atoms with van der Waals surface area (Å²) >= 11 is 3.62. The number of benzene rings is 1. The third-order valence-electron chi connectivity index (χ3n) is 3.80. The van der Waals surface area contributed by atoms with Gasteiger partial charge in [0.15, 0.2) is 0 Å². The molecule has 0 spiro atoms. The average Bonchev–Trinajstić information content (AvgIpc) is 2.87. The fourth-order valence-electron chi connectivity index (χ4n) is 2.50. The van der Waals surface area contributed by atoms with Crippen molar-refractivity contribution in [2.24, 2.45) is 5.41 Å². The summed E-state index contributed by atoms with van der Waals surface area (Å²) in [5, 5.41) is 9.91. The highest BCUT2D eigenvalue weighted by Crippen LogP contribution is 2.40. The minimum absolute atomic E-state index is 0.287. The van der Waals surface area contributed by atoms with Gasteiger partial charge in [0.1, 0.15) is 5.75 Å². The van der Waals surface area contributed by atoms with Crippen LogP contribution in [0, 0.1) is 23.7 Å². The Morgan fingerprint density at radius 1 is 1.39 bits per heavy atom. The normalized spacial score (nSPS) is 17.4. The van der Waals surface area contributed by atoms with E-state index in [1.807, 2.05) is 25.1 Å². The molecule has 1 fully saturated rings. The number of halogens is 1. The van der Waals surface area contributed by atoms with Crippen molar-refractivity contribution in [3.63, 3.8) is 0 Å². The molecule has 1 aromatic rings. The lowest BCUT2D eigenvalue weighted by molar-refractivity contribution is 0.173. The lowest BCUT2D eigenvalue weighted by atomic mass is 9.90. The average molecular weight is 308 g/mol. The van der Waals surface area contributed by atoms with Crippen LogP contribution in [0.5, 0.6) is 5.75 Å². The van der Waals surface area contributed by atoms with E-state index in [-0.39, 0.29) is 5.41 Å². The molecule has 96 valence electrons. The fraction of sp³-hybridized carbons (Fsp3) is 0.533.